The van der Waals surface area contributed by atoms with E-state index < -0.39 is 24.4 Å². The van der Waals surface area contributed by atoms with Crippen molar-refractivity contribution in [2.75, 3.05) is 18.5 Å². The molecule has 160 valence electrons. The third-order valence-electron chi connectivity index (χ3n) is 4.91. The van der Waals surface area contributed by atoms with Gasteiger partial charge in [0.2, 0.25) is 0 Å². The number of benzene rings is 1. The van der Waals surface area contributed by atoms with E-state index in [1.54, 1.807) is 0 Å². The van der Waals surface area contributed by atoms with Gasteiger partial charge in [0.15, 0.2) is 6.61 Å². The van der Waals surface area contributed by atoms with Crippen molar-refractivity contribution in [1.82, 2.24) is 0 Å². The van der Waals surface area contributed by atoms with Crippen molar-refractivity contribution >= 4 is 34.1 Å². The molecular weight excluding hydrogens is 404 g/mol. The van der Waals surface area contributed by atoms with Crippen molar-refractivity contribution in [2.45, 2.75) is 45.4 Å². The number of ether oxygens (including phenoxy) is 2. The summed E-state index contributed by atoms with van der Waals surface area (Å²) in [6.07, 6.45) is 4.33. The molecule has 0 radical (unpaired) electrons. The van der Waals surface area contributed by atoms with E-state index in [1.165, 1.54) is 11.3 Å². The van der Waals surface area contributed by atoms with Crippen LogP contribution in [-0.4, -0.2) is 31.0 Å². The van der Waals surface area contributed by atoms with Gasteiger partial charge in [0.05, 0.1) is 12.2 Å². The van der Waals surface area contributed by atoms with Crippen molar-refractivity contribution in [2.24, 2.45) is 5.73 Å². The maximum Gasteiger partial charge on any atom is 0.306 e. The van der Waals surface area contributed by atoms with Gasteiger partial charge >= 0.3 is 5.97 Å². The Morgan fingerprint density at radius 2 is 1.93 bits per heavy atom. The molecule has 3 N–H and O–H groups in total. The predicted molar refractivity (Wildman–Crippen MR) is 115 cm³/mol. The normalized spacial score (nSPS) is 12.7. The molecule has 1 aliphatic carbocycles. The zero-order valence-corrected chi connectivity index (χ0v) is 17.8. The van der Waals surface area contributed by atoms with Crippen molar-refractivity contribution in [3.63, 3.8) is 0 Å². The zero-order valence-electron chi connectivity index (χ0n) is 17.0. The fourth-order valence-electron chi connectivity index (χ4n) is 3.54. The molecule has 0 unspecified atom stereocenters. The van der Waals surface area contributed by atoms with Gasteiger partial charge in [-0.15, -0.1) is 11.3 Å². The fourth-order valence-corrected chi connectivity index (χ4v) is 4.85. The second-order valence-corrected chi connectivity index (χ2v) is 8.13. The van der Waals surface area contributed by atoms with Gasteiger partial charge in [-0.2, -0.15) is 0 Å². The van der Waals surface area contributed by atoms with Gasteiger partial charge in [0.1, 0.15) is 10.8 Å². The summed E-state index contributed by atoms with van der Waals surface area (Å²) in [5, 5.41) is 3.13. The summed E-state index contributed by atoms with van der Waals surface area (Å²) < 4.78 is 10.6. The van der Waals surface area contributed by atoms with Gasteiger partial charge in [-0.25, -0.2) is 0 Å². The van der Waals surface area contributed by atoms with Crippen LogP contribution in [0.4, 0.5) is 5.00 Å². The lowest BCUT2D eigenvalue weighted by Crippen LogP contribution is -2.23. The van der Waals surface area contributed by atoms with Crippen molar-refractivity contribution in [3.8, 4) is 5.75 Å². The summed E-state index contributed by atoms with van der Waals surface area (Å²) in [5.74, 6) is -0.767. The molecule has 2 amide bonds. The van der Waals surface area contributed by atoms with Gasteiger partial charge in [0, 0.05) is 11.3 Å². The minimum atomic E-state index is -0.547. The Morgan fingerprint density at radius 3 is 2.70 bits per heavy atom. The second-order valence-electron chi connectivity index (χ2n) is 7.03. The number of anilines is 1. The molecule has 7 nitrogen and oxygen atoms in total. The van der Waals surface area contributed by atoms with E-state index in [0.717, 1.165) is 47.4 Å². The highest BCUT2D eigenvalue weighted by Gasteiger charge is 2.25. The third-order valence-corrected chi connectivity index (χ3v) is 6.11. The molecule has 0 atom stereocenters. The number of nitrogens with one attached hydrogen (secondary N) is 1. The largest absolute Gasteiger partial charge is 0.494 e. The first kappa shape index (κ1) is 21.8. The first-order valence-corrected chi connectivity index (χ1v) is 10.9. The standard InChI is InChI=1S/C22H26N2O5S/c1-2-28-16-9-5-3-7-14(16)11-12-19(26)29-13-18(25)24-22-20(21(23)27)15-8-4-6-10-17(15)30-22/h3,5,7,9H,2,4,6,8,10-13H2,1H3,(H2,23,27)(H,24,25). The van der Waals surface area contributed by atoms with E-state index >= 15 is 0 Å². The average molecular weight is 431 g/mol. The van der Waals surface area contributed by atoms with Gasteiger partial charge < -0.3 is 20.5 Å². The molecule has 0 spiro atoms. The van der Waals surface area contributed by atoms with Gasteiger partial charge in [0.25, 0.3) is 11.8 Å². The lowest BCUT2D eigenvalue weighted by Gasteiger charge is -2.11. The highest BCUT2D eigenvalue weighted by Crippen LogP contribution is 2.37. The molecule has 3 rings (SSSR count). The molecule has 30 heavy (non-hydrogen) atoms. The highest BCUT2D eigenvalue weighted by atomic mass is 32.1. The molecule has 0 saturated carbocycles. The predicted octanol–water partition coefficient (Wildman–Crippen LogP) is 3.24. The smallest absolute Gasteiger partial charge is 0.306 e. The van der Waals surface area contributed by atoms with Crippen LogP contribution in [0.3, 0.4) is 0 Å². The lowest BCUT2D eigenvalue weighted by molar-refractivity contribution is -0.147. The van der Waals surface area contributed by atoms with E-state index in [0.29, 0.717) is 23.6 Å². The number of carbonyl (C=O) groups excluding carboxylic acids is 3. The number of thiophene rings is 1. The Morgan fingerprint density at radius 1 is 1.17 bits per heavy atom. The van der Waals surface area contributed by atoms with E-state index in [4.69, 9.17) is 15.2 Å². The number of carbonyl (C=O) groups is 3. The van der Waals surface area contributed by atoms with E-state index in [1.807, 2.05) is 31.2 Å². The van der Waals surface area contributed by atoms with Crippen LogP contribution >= 0.6 is 11.3 Å². The summed E-state index contributed by atoms with van der Waals surface area (Å²) >= 11 is 1.38. The number of para-hydroxylation sites is 1. The van der Waals surface area contributed by atoms with Crippen LogP contribution in [0.15, 0.2) is 24.3 Å². The Bertz CT molecular complexity index is 938. The number of amides is 2. The highest BCUT2D eigenvalue weighted by molar-refractivity contribution is 7.17. The Kier molecular flexibility index (Phi) is 7.46. The Labute approximate surface area is 179 Å². The van der Waals surface area contributed by atoms with Crippen molar-refractivity contribution in [3.05, 3.63) is 45.8 Å². The summed E-state index contributed by atoms with van der Waals surface area (Å²) in [7, 11) is 0. The minimum Gasteiger partial charge on any atom is -0.494 e. The molecule has 0 saturated heterocycles. The van der Waals surface area contributed by atoms with Crippen LogP contribution < -0.4 is 15.8 Å². The molecular formula is C22H26N2O5S. The van der Waals surface area contributed by atoms with Gasteiger partial charge in [-0.1, -0.05) is 18.2 Å². The number of nitrogens with two attached hydrogens (primary N) is 1. The SMILES string of the molecule is CCOc1ccccc1CCC(=O)OCC(=O)Nc1sc2c(c1C(N)=O)CCCC2. The molecule has 0 fully saturated rings. The maximum absolute atomic E-state index is 12.3. The molecule has 1 aromatic carbocycles. The number of aryl methyl sites for hydroxylation is 2. The van der Waals surface area contributed by atoms with Crippen LogP contribution in [-0.2, 0) is 33.6 Å². The number of primary amides is 1. The summed E-state index contributed by atoms with van der Waals surface area (Å²) in [6.45, 7) is 2.03. The number of fused-ring (bicyclic) bond motifs is 1. The Hall–Kier alpha value is -2.87. The average Bonchev–Trinajstić information content (AvgIpc) is 3.09. The van der Waals surface area contributed by atoms with Gasteiger partial charge in [-0.3, -0.25) is 14.4 Å². The quantitative estimate of drug-likeness (QED) is 0.594. The Balaban J connectivity index is 1.52. The van der Waals surface area contributed by atoms with Crippen LogP contribution in [0.5, 0.6) is 5.75 Å². The number of hydrogen-bond acceptors (Lipinski definition) is 6. The zero-order chi connectivity index (χ0) is 21.5. The number of rotatable bonds is 9. The molecule has 1 heterocycles. The second kappa shape index (κ2) is 10.2. The summed E-state index contributed by atoms with van der Waals surface area (Å²) in [5.41, 5.74) is 7.78. The van der Waals surface area contributed by atoms with Crippen LogP contribution in [0, 0.1) is 0 Å². The molecule has 1 aliphatic rings. The lowest BCUT2D eigenvalue weighted by atomic mass is 9.95. The summed E-state index contributed by atoms with van der Waals surface area (Å²) in [6, 6.07) is 7.51. The van der Waals surface area contributed by atoms with E-state index in [9.17, 15) is 14.4 Å². The topological polar surface area (TPSA) is 108 Å². The molecule has 0 bridgehead atoms. The molecule has 8 heteroatoms. The van der Waals surface area contributed by atoms with E-state index in [-0.39, 0.29) is 6.42 Å². The van der Waals surface area contributed by atoms with Crippen molar-refractivity contribution < 1.29 is 23.9 Å². The molecule has 0 aliphatic heterocycles. The minimum absolute atomic E-state index is 0.136. The third kappa shape index (κ3) is 5.38. The van der Waals surface area contributed by atoms with E-state index in [2.05, 4.69) is 5.32 Å². The van der Waals surface area contributed by atoms with Crippen molar-refractivity contribution in [1.29, 1.82) is 0 Å². The first-order chi connectivity index (χ1) is 14.5. The van der Waals surface area contributed by atoms with Crippen LogP contribution in [0.1, 0.15) is 52.5 Å². The fraction of sp³-hybridized carbons (Fsp3) is 0.409. The van der Waals surface area contributed by atoms with Crippen LogP contribution in [0.25, 0.3) is 0 Å². The number of hydrogen-bond donors (Lipinski definition) is 2. The molecule has 1 aromatic heterocycles. The van der Waals surface area contributed by atoms with Gasteiger partial charge in [-0.05, 0) is 56.2 Å². The first-order valence-electron chi connectivity index (χ1n) is 10.1. The maximum atomic E-state index is 12.3. The summed E-state index contributed by atoms with van der Waals surface area (Å²) in [4.78, 5) is 37.3. The molecule has 2 aromatic rings. The number of esters is 1. The monoisotopic (exact) mass is 430 g/mol. The van der Waals surface area contributed by atoms with Crippen LogP contribution in [0.2, 0.25) is 0 Å².